The molecule has 1 heterocycles. The van der Waals surface area contributed by atoms with Crippen LogP contribution in [0.2, 0.25) is 0 Å². The quantitative estimate of drug-likeness (QED) is 0.779. The molecule has 1 aliphatic rings. The first-order chi connectivity index (χ1) is 9.98. The van der Waals surface area contributed by atoms with Crippen LogP contribution in [0.5, 0.6) is 0 Å². The van der Waals surface area contributed by atoms with Gasteiger partial charge in [0.25, 0.3) is 0 Å². The van der Waals surface area contributed by atoms with Gasteiger partial charge in [-0.3, -0.25) is 0 Å². The molecular weight excluding hydrogens is 286 g/mol. The number of likely N-dealkylation sites (tertiary alicyclic amines) is 1. The molecule has 1 aliphatic heterocycles. The van der Waals surface area contributed by atoms with Crippen molar-refractivity contribution in [3.63, 3.8) is 0 Å². The monoisotopic (exact) mass is 311 g/mol. The molecule has 0 saturated carbocycles. The largest absolute Gasteiger partial charge is 0.399 e. The van der Waals surface area contributed by atoms with Crippen molar-refractivity contribution < 1.29 is 8.42 Å². The average Bonchev–Trinajstić information content (AvgIpc) is 2.48. The second-order valence-electron chi connectivity index (χ2n) is 5.73. The van der Waals surface area contributed by atoms with E-state index >= 15 is 0 Å². The first-order valence-corrected chi connectivity index (χ1v) is 9.18. The summed E-state index contributed by atoms with van der Waals surface area (Å²) >= 11 is 0. The predicted octanol–water partition coefficient (Wildman–Crippen LogP) is 1.42. The Morgan fingerprint density at radius 2 is 1.86 bits per heavy atom. The molecule has 0 spiro atoms. The lowest BCUT2D eigenvalue weighted by atomic mass is 9.97. The summed E-state index contributed by atoms with van der Waals surface area (Å²) in [6.45, 7) is 5.93. The summed E-state index contributed by atoms with van der Waals surface area (Å²) in [5.74, 6) is 0.468. The highest BCUT2D eigenvalue weighted by Crippen LogP contribution is 2.16. The molecule has 21 heavy (non-hydrogen) atoms. The molecule has 6 heteroatoms. The Morgan fingerprint density at radius 3 is 2.43 bits per heavy atom. The molecule has 0 radical (unpaired) electrons. The first kappa shape index (κ1) is 16.3. The predicted molar refractivity (Wildman–Crippen MR) is 86.3 cm³/mol. The first-order valence-electron chi connectivity index (χ1n) is 7.52. The van der Waals surface area contributed by atoms with Crippen LogP contribution in [0.4, 0.5) is 5.69 Å². The van der Waals surface area contributed by atoms with E-state index in [9.17, 15) is 8.42 Å². The highest BCUT2D eigenvalue weighted by molar-refractivity contribution is 7.88. The summed E-state index contributed by atoms with van der Waals surface area (Å²) in [6, 6.07) is 6.97. The number of piperidine rings is 1. The van der Waals surface area contributed by atoms with E-state index in [0.717, 1.165) is 38.0 Å². The number of nitrogen functional groups attached to an aromatic ring is 1. The van der Waals surface area contributed by atoms with Crippen LogP contribution in [0.1, 0.15) is 25.3 Å². The number of benzene rings is 1. The van der Waals surface area contributed by atoms with E-state index in [2.05, 4.69) is 16.5 Å². The van der Waals surface area contributed by atoms with Crippen molar-refractivity contribution in [2.45, 2.75) is 25.5 Å². The van der Waals surface area contributed by atoms with Gasteiger partial charge < -0.3 is 10.6 Å². The number of hydrogen-bond acceptors (Lipinski definition) is 4. The number of nitrogens with one attached hydrogen (secondary N) is 1. The van der Waals surface area contributed by atoms with Crippen LogP contribution in [0, 0.1) is 5.92 Å². The molecular formula is C15H25N3O2S. The van der Waals surface area contributed by atoms with E-state index < -0.39 is 10.0 Å². The lowest BCUT2D eigenvalue weighted by Gasteiger charge is -2.30. The summed E-state index contributed by atoms with van der Waals surface area (Å²) in [6.07, 6.45) is 2.14. The molecule has 3 N–H and O–H groups in total. The summed E-state index contributed by atoms with van der Waals surface area (Å²) in [7, 11) is -3.27. The van der Waals surface area contributed by atoms with Crippen LogP contribution in [-0.2, 0) is 15.8 Å². The van der Waals surface area contributed by atoms with Gasteiger partial charge >= 0.3 is 0 Å². The molecule has 0 aliphatic carbocycles. The van der Waals surface area contributed by atoms with Gasteiger partial charge in [-0.25, -0.2) is 13.1 Å². The van der Waals surface area contributed by atoms with Gasteiger partial charge in [0.2, 0.25) is 10.0 Å². The van der Waals surface area contributed by atoms with Gasteiger partial charge in [0.05, 0.1) is 5.75 Å². The Hall–Kier alpha value is -1.11. The molecule has 0 atom stereocenters. The van der Waals surface area contributed by atoms with Crippen molar-refractivity contribution in [3.8, 4) is 0 Å². The highest BCUT2D eigenvalue weighted by atomic mass is 32.2. The van der Waals surface area contributed by atoms with Crippen LogP contribution < -0.4 is 10.5 Å². The van der Waals surface area contributed by atoms with Crippen LogP contribution in [-0.4, -0.2) is 39.5 Å². The van der Waals surface area contributed by atoms with E-state index in [1.165, 1.54) is 0 Å². The smallest absolute Gasteiger partial charge is 0.215 e. The SMILES string of the molecule is CCN1CCC(CNS(=O)(=O)Cc2ccc(N)cc2)CC1. The summed E-state index contributed by atoms with van der Waals surface area (Å²) in [5, 5.41) is 0. The Morgan fingerprint density at radius 1 is 1.24 bits per heavy atom. The molecule has 1 aromatic rings. The van der Waals surface area contributed by atoms with Crippen molar-refractivity contribution >= 4 is 15.7 Å². The number of hydrogen-bond donors (Lipinski definition) is 2. The second-order valence-corrected chi connectivity index (χ2v) is 7.53. The third-order valence-electron chi connectivity index (χ3n) is 4.08. The van der Waals surface area contributed by atoms with Crippen LogP contribution >= 0.6 is 0 Å². The van der Waals surface area contributed by atoms with Crippen molar-refractivity contribution in [3.05, 3.63) is 29.8 Å². The molecule has 2 rings (SSSR count). The van der Waals surface area contributed by atoms with Crippen LogP contribution in [0.3, 0.4) is 0 Å². The highest BCUT2D eigenvalue weighted by Gasteiger charge is 2.20. The van der Waals surface area contributed by atoms with Gasteiger partial charge in [-0.05, 0) is 56.1 Å². The molecule has 0 amide bonds. The van der Waals surface area contributed by atoms with Crippen molar-refractivity contribution in [2.24, 2.45) is 5.92 Å². The van der Waals surface area contributed by atoms with E-state index in [1.807, 2.05) is 0 Å². The second kappa shape index (κ2) is 7.24. The number of sulfonamides is 1. The summed E-state index contributed by atoms with van der Waals surface area (Å²) in [4.78, 5) is 2.40. The van der Waals surface area contributed by atoms with E-state index in [-0.39, 0.29) is 5.75 Å². The molecule has 0 unspecified atom stereocenters. The zero-order valence-corrected chi connectivity index (χ0v) is 13.4. The maximum Gasteiger partial charge on any atom is 0.215 e. The number of rotatable bonds is 6. The maximum atomic E-state index is 12.1. The zero-order chi connectivity index (χ0) is 15.3. The van der Waals surface area contributed by atoms with E-state index in [1.54, 1.807) is 24.3 Å². The van der Waals surface area contributed by atoms with E-state index in [4.69, 9.17) is 5.73 Å². The number of nitrogens with two attached hydrogens (primary N) is 1. The maximum absolute atomic E-state index is 12.1. The van der Waals surface area contributed by atoms with Crippen LogP contribution in [0.15, 0.2) is 24.3 Å². The lowest BCUT2D eigenvalue weighted by Crippen LogP contribution is -2.38. The molecule has 1 saturated heterocycles. The van der Waals surface area contributed by atoms with Gasteiger partial charge in [-0.2, -0.15) is 0 Å². The minimum absolute atomic E-state index is 0.0150. The van der Waals surface area contributed by atoms with Gasteiger partial charge in [0.15, 0.2) is 0 Å². The minimum atomic E-state index is -3.27. The average molecular weight is 311 g/mol. The van der Waals surface area contributed by atoms with Crippen LogP contribution in [0.25, 0.3) is 0 Å². The van der Waals surface area contributed by atoms with Gasteiger partial charge in [-0.15, -0.1) is 0 Å². The molecule has 0 bridgehead atoms. The van der Waals surface area contributed by atoms with Crippen molar-refractivity contribution in [2.75, 3.05) is 31.9 Å². The fourth-order valence-corrected chi connectivity index (χ4v) is 3.86. The Balaban J connectivity index is 1.80. The van der Waals surface area contributed by atoms with Gasteiger partial charge in [0, 0.05) is 12.2 Å². The molecule has 1 fully saturated rings. The third kappa shape index (κ3) is 5.30. The summed E-state index contributed by atoms with van der Waals surface area (Å²) in [5.41, 5.74) is 7.01. The third-order valence-corrected chi connectivity index (χ3v) is 5.40. The Labute approximate surface area is 127 Å². The Kier molecular flexibility index (Phi) is 5.61. The normalized spacial score (nSPS) is 18.0. The lowest BCUT2D eigenvalue weighted by molar-refractivity contribution is 0.193. The van der Waals surface area contributed by atoms with Crippen molar-refractivity contribution in [1.82, 2.24) is 9.62 Å². The molecule has 1 aromatic carbocycles. The Bertz CT molecular complexity index is 535. The van der Waals surface area contributed by atoms with Gasteiger partial charge in [-0.1, -0.05) is 19.1 Å². The standard InChI is InChI=1S/C15H25N3O2S/c1-2-18-9-7-13(8-10-18)11-17-21(19,20)12-14-3-5-15(16)6-4-14/h3-6,13,17H,2,7-12,16H2,1H3. The fraction of sp³-hybridized carbons (Fsp3) is 0.600. The van der Waals surface area contributed by atoms with Crippen molar-refractivity contribution in [1.29, 1.82) is 0 Å². The molecule has 0 aromatic heterocycles. The minimum Gasteiger partial charge on any atom is -0.399 e. The number of anilines is 1. The summed E-state index contributed by atoms with van der Waals surface area (Å²) < 4.78 is 26.9. The number of nitrogens with zero attached hydrogens (tertiary/aromatic N) is 1. The molecule has 118 valence electrons. The fourth-order valence-electron chi connectivity index (χ4n) is 2.64. The zero-order valence-electron chi connectivity index (χ0n) is 12.6. The van der Waals surface area contributed by atoms with E-state index in [0.29, 0.717) is 18.2 Å². The van der Waals surface area contributed by atoms with Gasteiger partial charge in [0.1, 0.15) is 0 Å². The molecule has 5 nitrogen and oxygen atoms in total. The topological polar surface area (TPSA) is 75.4 Å².